The van der Waals surface area contributed by atoms with Crippen LogP contribution in [0, 0.1) is 11.3 Å². The number of rotatable bonds is 15. The van der Waals surface area contributed by atoms with Crippen LogP contribution in [0.4, 0.5) is 0 Å². The number of hydrogen-bond donors (Lipinski definition) is 0. The lowest BCUT2D eigenvalue weighted by Crippen LogP contribution is -2.31. The number of halogens is 1. The van der Waals surface area contributed by atoms with Gasteiger partial charge in [-0.15, -0.1) is 0 Å². The Morgan fingerprint density at radius 1 is 1.05 bits per heavy atom. The maximum Gasteiger partial charge on any atom is 0.252 e. The number of benzene rings is 1. The van der Waals surface area contributed by atoms with Crippen molar-refractivity contribution < 1.29 is 23.8 Å². The minimum Gasteiger partial charge on any atom is -0.495 e. The molecule has 0 aliphatic heterocycles. The molecule has 43 heavy (non-hydrogen) atoms. The highest BCUT2D eigenvalue weighted by Gasteiger charge is 2.24. The van der Waals surface area contributed by atoms with Crippen molar-refractivity contribution in [2.45, 2.75) is 38.1 Å². The van der Waals surface area contributed by atoms with Gasteiger partial charge in [0.05, 0.1) is 48.3 Å². The summed E-state index contributed by atoms with van der Waals surface area (Å²) in [7, 11) is 4.61. The molecule has 0 radical (unpaired) electrons. The van der Waals surface area contributed by atoms with Gasteiger partial charge in [0, 0.05) is 68.7 Å². The van der Waals surface area contributed by atoms with E-state index in [1.807, 2.05) is 0 Å². The molecule has 0 saturated heterocycles. The minimum absolute atomic E-state index is 0.0148. The molecule has 0 aliphatic carbocycles. The van der Waals surface area contributed by atoms with Crippen LogP contribution in [0.25, 0.3) is 16.6 Å². The van der Waals surface area contributed by atoms with Crippen molar-refractivity contribution in [1.29, 1.82) is 5.26 Å². The second-order valence-corrected chi connectivity index (χ2v) is 10.5. The number of fused-ring (bicyclic) bond motifs is 1. The third kappa shape index (κ3) is 7.38. The first-order valence-corrected chi connectivity index (χ1v) is 14.2. The van der Waals surface area contributed by atoms with Gasteiger partial charge in [0.1, 0.15) is 5.75 Å². The summed E-state index contributed by atoms with van der Waals surface area (Å²) in [6, 6.07) is 10.9. The fourth-order valence-corrected chi connectivity index (χ4v) is 5.17. The van der Waals surface area contributed by atoms with Crippen molar-refractivity contribution in [1.82, 2.24) is 14.2 Å². The second kappa shape index (κ2) is 14.7. The molecule has 1 unspecified atom stereocenters. The van der Waals surface area contributed by atoms with E-state index < -0.39 is 11.6 Å². The number of carbonyl (C=O) groups excluding carboxylic acids is 2. The smallest absolute Gasteiger partial charge is 0.252 e. The average molecular weight is 605 g/mol. The van der Waals surface area contributed by atoms with Crippen LogP contribution in [-0.4, -0.2) is 60.3 Å². The molecular weight excluding hydrogens is 572 g/mol. The Kier molecular flexibility index (Phi) is 10.8. The number of methoxy groups -OCH3 is 3. The van der Waals surface area contributed by atoms with E-state index in [2.05, 4.69) is 11.2 Å². The van der Waals surface area contributed by atoms with Crippen molar-refractivity contribution in [3.8, 4) is 22.9 Å². The topological polar surface area (TPSA) is 125 Å². The molecule has 0 fully saturated rings. The SMILES string of the molecule is COCCCCC(=O)c1cnn2ccc(CC(=O)C(CCOC)n3cc(OC)c(-c4cc(Cl)ccc4C#N)cc3=O)cc12. The molecule has 0 bridgehead atoms. The van der Waals surface area contributed by atoms with Gasteiger partial charge in [-0.2, -0.15) is 10.4 Å². The van der Waals surface area contributed by atoms with E-state index in [4.69, 9.17) is 25.8 Å². The summed E-state index contributed by atoms with van der Waals surface area (Å²) in [5.41, 5.74) is 2.53. The number of nitriles is 1. The third-order valence-electron chi connectivity index (χ3n) is 7.23. The lowest BCUT2D eigenvalue weighted by Gasteiger charge is -2.21. The summed E-state index contributed by atoms with van der Waals surface area (Å²) >= 11 is 6.19. The molecule has 1 atom stereocenters. The van der Waals surface area contributed by atoms with Crippen LogP contribution in [-0.2, 0) is 20.7 Å². The molecule has 11 heteroatoms. The maximum atomic E-state index is 13.7. The Morgan fingerprint density at radius 2 is 1.84 bits per heavy atom. The number of nitrogens with zero attached hydrogens (tertiary/aromatic N) is 4. The fraction of sp³-hybridized carbons (Fsp3) is 0.344. The van der Waals surface area contributed by atoms with Crippen molar-refractivity contribution in [2.24, 2.45) is 0 Å². The number of Topliss-reactive ketones (excluding diaryl/α,β-unsaturated/α-hetero) is 2. The van der Waals surface area contributed by atoms with Crippen LogP contribution in [0.3, 0.4) is 0 Å². The number of unbranched alkanes of at least 4 members (excludes halogenated alkanes) is 1. The summed E-state index contributed by atoms with van der Waals surface area (Å²) in [5.74, 6) is 0.0687. The number of ether oxygens (including phenoxy) is 3. The number of hydrogen-bond acceptors (Lipinski definition) is 8. The van der Waals surface area contributed by atoms with Crippen LogP contribution < -0.4 is 10.3 Å². The maximum absolute atomic E-state index is 13.7. The molecule has 224 valence electrons. The third-order valence-corrected chi connectivity index (χ3v) is 7.46. The standard InChI is InChI=1S/C32H33ClN4O6/c1-41-12-5-4-6-29(38)26-19-35-37-11-9-21(14-28(26)37)15-30(39)27(10-13-42-2)36-20-31(43-3)25(17-32(36)40)24-16-23(33)8-7-22(24)18-34/h7-9,11,14,16-17,19-20,27H,4-6,10,12-13,15H2,1-3H3. The molecule has 4 aromatic rings. The minimum atomic E-state index is -0.853. The predicted octanol–water partition coefficient (Wildman–Crippen LogP) is 5.09. The van der Waals surface area contributed by atoms with E-state index in [1.54, 1.807) is 54.4 Å². The largest absolute Gasteiger partial charge is 0.495 e. The first kappa shape index (κ1) is 31.6. The van der Waals surface area contributed by atoms with Gasteiger partial charge in [-0.05, 0) is 55.2 Å². The molecule has 3 aromatic heterocycles. The van der Waals surface area contributed by atoms with Crippen LogP contribution in [0.15, 0.2) is 59.8 Å². The number of aromatic nitrogens is 3. The molecule has 0 saturated carbocycles. The molecule has 10 nitrogen and oxygen atoms in total. The van der Waals surface area contributed by atoms with E-state index in [1.165, 1.54) is 31.0 Å². The van der Waals surface area contributed by atoms with Gasteiger partial charge < -0.3 is 18.8 Å². The van der Waals surface area contributed by atoms with Crippen molar-refractivity contribution in [3.05, 3.63) is 87.1 Å². The quantitative estimate of drug-likeness (QED) is 0.136. The lowest BCUT2D eigenvalue weighted by molar-refractivity contribution is -0.122. The Morgan fingerprint density at radius 3 is 2.56 bits per heavy atom. The zero-order chi connectivity index (χ0) is 30.9. The zero-order valence-corrected chi connectivity index (χ0v) is 25.1. The van der Waals surface area contributed by atoms with Gasteiger partial charge in [-0.3, -0.25) is 14.4 Å². The van der Waals surface area contributed by atoms with Crippen LogP contribution in [0.1, 0.15) is 53.2 Å². The van der Waals surface area contributed by atoms with Crippen LogP contribution in [0.2, 0.25) is 5.02 Å². The van der Waals surface area contributed by atoms with E-state index in [9.17, 15) is 19.6 Å². The summed E-state index contributed by atoms with van der Waals surface area (Å²) in [5, 5.41) is 14.3. The molecule has 4 rings (SSSR count). The molecule has 0 spiro atoms. The van der Waals surface area contributed by atoms with Gasteiger partial charge in [0.2, 0.25) is 0 Å². The highest BCUT2D eigenvalue weighted by atomic mass is 35.5. The van der Waals surface area contributed by atoms with Gasteiger partial charge >= 0.3 is 0 Å². The van der Waals surface area contributed by atoms with Gasteiger partial charge in [0.25, 0.3) is 5.56 Å². The monoisotopic (exact) mass is 604 g/mol. The van der Waals surface area contributed by atoms with Crippen LogP contribution >= 0.6 is 11.6 Å². The van der Waals surface area contributed by atoms with E-state index in [0.29, 0.717) is 63.6 Å². The average Bonchev–Trinajstić information content (AvgIpc) is 3.43. The van der Waals surface area contributed by atoms with Gasteiger partial charge in [-0.25, -0.2) is 4.52 Å². The van der Waals surface area contributed by atoms with E-state index in [-0.39, 0.29) is 31.0 Å². The lowest BCUT2D eigenvalue weighted by atomic mass is 9.98. The highest BCUT2D eigenvalue weighted by Crippen LogP contribution is 2.33. The molecule has 0 N–H and O–H groups in total. The number of carbonyl (C=O) groups is 2. The number of pyridine rings is 2. The highest BCUT2D eigenvalue weighted by molar-refractivity contribution is 6.31. The zero-order valence-electron chi connectivity index (χ0n) is 24.3. The summed E-state index contributed by atoms with van der Waals surface area (Å²) < 4.78 is 18.9. The molecule has 0 amide bonds. The van der Waals surface area contributed by atoms with Crippen molar-refractivity contribution in [3.63, 3.8) is 0 Å². The first-order chi connectivity index (χ1) is 20.8. The van der Waals surface area contributed by atoms with Crippen LogP contribution in [0.5, 0.6) is 5.75 Å². The van der Waals surface area contributed by atoms with E-state index in [0.717, 1.165) is 6.42 Å². The Bertz CT molecular complexity index is 1720. The van der Waals surface area contributed by atoms with Gasteiger partial charge in [-0.1, -0.05) is 11.6 Å². The summed E-state index contributed by atoms with van der Waals surface area (Å²) in [6.07, 6.45) is 6.87. The molecule has 1 aromatic carbocycles. The normalized spacial score (nSPS) is 11.8. The summed E-state index contributed by atoms with van der Waals surface area (Å²) in [4.78, 5) is 40.1. The molecule has 0 aliphatic rings. The number of ketones is 2. The Hall–Kier alpha value is -4.30. The van der Waals surface area contributed by atoms with E-state index >= 15 is 0 Å². The Balaban J connectivity index is 1.65. The predicted molar refractivity (Wildman–Crippen MR) is 162 cm³/mol. The Labute approximate surface area is 254 Å². The van der Waals surface area contributed by atoms with Crippen molar-refractivity contribution in [2.75, 3.05) is 34.5 Å². The van der Waals surface area contributed by atoms with Crippen molar-refractivity contribution >= 4 is 28.7 Å². The summed E-state index contributed by atoms with van der Waals surface area (Å²) in [6.45, 7) is 0.834. The fourth-order valence-electron chi connectivity index (χ4n) is 5.00. The second-order valence-electron chi connectivity index (χ2n) is 10.0. The first-order valence-electron chi connectivity index (χ1n) is 13.8. The molecular formula is C32H33ClN4O6. The molecule has 3 heterocycles. The van der Waals surface area contributed by atoms with Gasteiger partial charge in [0.15, 0.2) is 11.6 Å².